The van der Waals surface area contributed by atoms with Gasteiger partial charge in [0.2, 0.25) is 5.91 Å². The van der Waals surface area contributed by atoms with Gasteiger partial charge in [-0.1, -0.05) is 29.5 Å². The summed E-state index contributed by atoms with van der Waals surface area (Å²) in [7, 11) is 1.58. The van der Waals surface area contributed by atoms with Gasteiger partial charge in [0.1, 0.15) is 5.75 Å². The first-order valence-corrected chi connectivity index (χ1v) is 12.3. The molecule has 2 amide bonds. The number of fused-ring (bicyclic) bond motifs is 1. The molecule has 0 bridgehead atoms. The third-order valence-electron chi connectivity index (χ3n) is 6.41. The molecule has 8 nitrogen and oxygen atoms in total. The number of pyridine rings is 1. The van der Waals surface area contributed by atoms with E-state index >= 15 is 0 Å². The van der Waals surface area contributed by atoms with Crippen molar-refractivity contribution < 1.29 is 27.8 Å². The Hall–Kier alpha value is -3.44. The number of nitrogens with zero attached hydrogens (tertiary/aromatic N) is 3. The molecule has 1 fully saturated rings. The van der Waals surface area contributed by atoms with E-state index in [2.05, 4.69) is 20.0 Å². The summed E-state index contributed by atoms with van der Waals surface area (Å²) in [6.07, 6.45) is 1.59. The number of benzene rings is 1. The summed E-state index contributed by atoms with van der Waals surface area (Å²) >= 11 is 1.32. The van der Waals surface area contributed by atoms with E-state index in [0.717, 1.165) is 21.8 Å². The minimum Gasteiger partial charge on any atom is -0.496 e. The molecule has 2 aliphatic rings. The summed E-state index contributed by atoms with van der Waals surface area (Å²) in [6, 6.07) is 9.30. The van der Waals surface area contributed by atoms with Gasteiger partial charge in [-0.05, 0) is 31.9 Å². The van der Waals surface area contributed by atoms with Crippen LogP contribution in [0.15, 0.2) is 36.5 Å². The third kappa shape index (κ3) is 4.80. The third-order valence-corrected chi connectivity index (χ3v) is 7.41. The minimum absolute atomic E-state index is 0.0768. The number of aromatic nitrogens is 2. The number of methoxy groups -OCH3 is 1. The van der Waals surface area contributed by atoms with Crippen LogP contribution in [0.1, 0.15) is 39.5 Å². The molecule has 2 aromatic heterocycles. The average Bonchev–Trinajstić information content (AvgIpc) is 3.39. The van der Waals surface area contributed by atoms with Crippen molar-refractivity contribution in [3.05, 3.63) is 58.4 Å². The van der Waals surface area contributed by atoms with Crippen LogP contribution in [0.4, 0.5) is 13.9 Å². The van der Waals surface area contributed by atoms with Gasteiger partial charge in [-0.15, -0.1) is 0 Å². The smallest absolute Gasteiger partial charge is 0.345 e. The van der Waals surface area contributed by atoms with Gasteiger partial charge >= 0.3 is 6.61 Å². The van der Waals surface area contributed by atoms with Gasteiger partial charge in [0.25, 0.3) is 5.91 Å². The van der Waals surface area contributed by atoms with Gasteiger partial charge in [0.15, 0.2) is 5.13 Å². The van der Waals surface area contributed by atoms with Crippen molar-refractivity contribution in [2.24, 2.45) is 5.92 Å². The van der Waals surface area contributed by atoms with E-state index in [1.807, 2.05) is 37.3 Å². The second kappa shape index (κ2) is 9.90. The number of hydrogen-bond acceptors (Lipinski definition) is 7. The van der Waals surface area contributed by atoms with Gasteiger partial charge in [0.05, 0.1) is 42.4 Å². The van der Waals surface area contributed by atoms with Crippen LogP contribution in [0, 0.1) is 12.8 Å². The molecule has 1 aromatic carbocycles. The van der Waals surface area contributed by atoms with Crippen LogP contribution in [-0.4, -0.2) is 46.5 Å². The van der Waals surface area contributed by atoms with Gasteiger partial charge in [-0.2, -0.15) is 8.78 Å². The molecule has 1 N–H and O–H groups in total. The Morgan fingerprint density at radius 3 is 2.69 bits per heavy atom. The van der Waals surface area contributed by atoms with E-state index in [0.29, 0.717) is 47.9 Å². The molecule has 36 heavy (non-hydrogen) atoms. The number of alkyl halides is 2. The van der Waals surface area contributed by atoms with Crippen molar-refractivity contribution in [2.75, 3.05) is 12.4 Å². The van der Waals surface area contributed by atoms with Gasteiger partial charge < -0.3 is 14.4 Å². The van der Waals surface area contributed by atoms with E-state index in [1.165, 1.54) is 17.5 Å². The Morgan fingerprint density at radius 2 is 1.97 bits per heavy atom. The van der Waals surface area contributed by atoms with Crippen LogP contribution in [0.25, 0.3) is 11.1 Å². The highest BCUT2D eigenvalue weighted by Crippen LogP contribution is 2.38. The lowest BCUT2D eigenvalue weighted by Crippen LogP contribution is -2.43. The van der Waals surface area contributed by atoms with E-state index < -0.39 is 12.7 Å². The van der Waals surface area contributed by atoms with E-state index in [9.17, 15) is 18.4 Å². The predicted molar refractivity (Wildman–Crippen MR) is 129 cm³/mol. The summed E-state index contributed by atoms with van der Waals surface area (Å²) < 4.78 is 34.5. The molecule has 5 rings (SSSR count). The molecule has 0 unspecified atom stereocenters. The van der Waals surface area contributed by atoms with Crippen molar-refractivity contribution in [1.82, 2.24) is 14.9 Å². The fourth-order valence-corrected chi connectivity index (χ4v) is 5.51. The highest BCUT2D eigenvalue weighted by molar-refractivity contribution is 7.16. The Labute approximate surface area is 210 Å². The number of carbonyl (C=O) groups is 2. The molecule has 3 heterocycles. The molecule has 0 saturated heterocycles. The molecule has 0 radical (unpaired) electrons. The molecule has 1 saturated carbocycles. The van der Waals surface area contributed by atoms with Crippen molar-refractivity contribution in [1.29, 1.82) is 0 Å². The van der Waals surface area contributed by atoms with Crippen LogP contribution < -0.4 is 10.1 Å². The molecule has 0 spiro atoms. The average molecular weight is 515 g/mol. The molecule has 0 atom stereocenters. The zero-order chi connectivity index (χ0) is 25.4. The number of para-hydroxylation sites is 1. The number of hydrogen-bond donors (Lipinski definition) is 1. The zero-order valence-electron chi connectivity index (χ0n) is 19.7. The number of thiazole rings is 1. The number of halogens is 2. The van der Waals surface area contributed by atoms with Gasteiger partial charge in [-0.3, -0.25) is 19.9 Å². The van der Waals surface area contributed by atoms with Gasteiger partial charge in [0, 0.05) is 28.9 Å². The summed E-state index contributed by atoms with van der Waals surface area (Å²) in [5, 5.41) is 3.31. The molecular weight excluding hydrogens is 490 g/mol. The summed E-state index contributed by atoms with van der Waals surface area (Å²) in [5.74, 6) is -0.0755. The lowest BCUT2D eigenvalue weighted by Gasteiger charge is -2.35. The van der Waals surface area contributed by atoms with E-state index in [4.69, 9.17) is 4.74 Å². The number of ether oxygens (including phenoxy) is 2. The second-order valence-electron chi connectivity index (χ2n) is 8.80. The lowest BCUT2D eigenvalue weighted by molar-refractivity contribution is -0.195. The fourth-order valence-electron chi connectivity index (χ4n) is 4.53. The van der Waals surface area contributed by atoms with E-state index in [1.54, 1.807) is 12.0 Å². The first kappa shape index (κ1) is 24.3. The van der Waals surface area contributed by atoms with Crippen molar-refractivity contribution in [3.8, 4) is 16.9 Å². The van der Waals surface area contributed by atoms with Crippen LogP contribution in [0.5, 0.6) is 5.75 Å². The first-order chi connectivity index (χ1) is 17.3. The normalized spacial score (nSPS) is 18.6. The van der Waals surface area contributed by atoms with Crippen LogP contribution in [-0.2, 0) is 22.6 Å². The topological polar surface area (TPSA) is 93.6 Å². The summed E-state index contributed by atoms with van der Waals surface area (Å²) in [6.45, 7) is -0.244. The van der Waals surface area contributed by atoms with Crippen molar-refractivity contribution in [3.63, 3.8) is 0 Å². The number of anilines is 1. The number of carbonyl (C=O) groups excluding carboxylic acids is 2. The standard InChI is InChI=1S/C25H24F2N4O4S/c1-13-7-17(16-5-3-4-6-20(16)34-2)18(10-28-13)22(32)30-25-29-19-11-31(12-21(19)36-25)23(33)14-8-15(9-14)35-24(26)27/h3-7,10,14-15,24H,8-9,11-12H2,1-2H3,(H,29,30,32). The second-order valence-corrected chi connectivity index (χ2v) is 9.88. The molecule has 188 valence electrons. The Kier molecular flexibility index (Phi) is 6.67. The Balaban J connectivity index is 1.26. The maximum absolute atomic E-state index is 13.2. The number of aryl methyl sites for hydroxylation is 1. The van der Waals surface area contributed by atoms with Crippen molar-refractivity contribution in [2.45, 2.75) is 45.6 Å². The molecule has 11 heteroatoms. The predicted octanol–water partition coefficient (Wildman–Crippen LogP) is 4.63. The maximum Gasteiger partial charge on any atom is 0.345 e. The first-order valence-electron chi connectivity index (χ1n) is 11.4. The lowest BCUT2D eigenvalue weighted by atomic mass is 9.81. The highest BCUT2D eigenvalue weighted by Gasteiger charge is 2.40. The SMILES string of the molecule is COc1ccccc1-c1cc(C)ncc1C(=O)Nc1nc2c(s1)CN(C(=O)C1CC(OC(F)F)C1)C2. The van der Waals surface area contributed by atoms with Crippen LogP contribution >= 0.6 is 11.3 Å². The van der Waals surface area contributed by atoms with E-state index in [-0.39, 0.29) is 17.7 Å². The summed E-state index contributed by atoms with van der Waals surface area (Å²) in [5.41, 5.74) is 3.37. The summed E-state index contributed by atoms with van der Waals surface area (Å²) in [4.78, 5) is 37.3. The fraction of sp³-hybridized carbons (Fsp3) is 0.360. The Morgan fingerprint density at radius 1 is 1.19 bits per heavy atom. The molecule has 3 aromatic rings. The van der Waals surface area contributed by atoms with Gasteiger partial charge in [-0.25, -0.2) is 4.98 Å². The highest BCUT2D eigenvalue weighted by atomic mass is 32.1. The Bertz CT molecular complexity index is 1290. The minimum atomic E-state index is -2.82. The quantitative estimate of drug-likeness (QED) is 0.494. The van der Waals surface area contributed by atoms with Crippen molar-refractivity contribution >= 4 is 28.3 Å². The maximum atomic E-state index is 13.2. The largest absolute Gasteiger partial charge is 0.496 e. The monoisotopic (exact) mass is 514 g/mol. The van der Waals surface area contributed by atoms with Crippen LogP contribution in [0.2, 0.25) is 0 Å². The molecular formula is C25H24F2N4O4S. The van der Waals surface area contributed by atoms with Crippen LogP contribution in [0.3, 0.4) is 0 Å². The molecule has 1 aliphatic heterocycles. The zero-order valence-corrected chi connectivity index (χ0v) is 20.5. The molecule has 1 aliphatic carbocycles. The number of nitrogens with one attached hydrogen (secondary N) is 1. The number of amides is 2. The number of rotatable bonds is 7.